The zero-order valence-electron chi connectivity index (χ0n) is 14.1. The van der Waals surface area contributed by atoms with Crippen molar-refractivity contribution in [1.29, 1.82) is 0 Å². The molecule has 2 rings (SSSR count). The highest BCUT2D eigenvalue weighted by molar-refractivity contribution is 6.36. The van der Waals surface area contributed by atoms with Gasteiger partial charge in [-0.1, -0.05) is 23.2 Å². The van der Waals surface area contributed by atoms with Crippen molar-refractivity contribution in [2.45, 2.75) is 6.92 Å². The Kier molecular flexibility index (Phi) is 6.73. The van der Waals surface area contributed by atoms with Gasteiger partial charge in [-0.15, -0.1) is 0 Å². The van der Waals surface area contributed by atoms with Crippen LogP contribution in [-0.4, -0.2) is 26.6 Å². The number of halogens is 2. The van der Waals surface area contributed by atoms with E-state index in [2.05, 4.69) is 0 Å². The molecule has 0 N–H and O–H groups in total. The van der Waals surface area contributed by atoms with E-state index in [0.29, 0.717) is 39.5 Å². The van der Waals surface area contributed by atoms with Gasteiger partial charge in [0.1, 0.15) is 17.2 Å². The molecule has 0 aliphatic rings. The zero-order valence-corrected chi connectivity index (χ0v) is 15.6. The van der Waals surface area contributed by atoms with Crippen molar-refractivity contribution in [3.63, 3.8) is 0 Å². The van der Waals surface area contributed by atoms with E-state index >= 15 is 0 Å². The summed E-state index contributed by atoms with van der Waals surface area (Å²) in [6.07, 6.45) is 3.08. The van der Waals surface area contributed by atoms with Crippen molar-refractivity contribution < 1.29 is 19.0 Å². The van der Waals surface area contributed by atoms with E-state index in [0.717, 1.165) is 5.56 Å². The fourth-order valence-electron chi connectivity index (χ4n) is 2.25. The minimum atomic E-state index is -0.272. The zero-order chi connectivity index (χ0) is 18.4. The summed E-state index contributed by atoms with van der Waals surface area (Å²) in [6, 6.07) is 8.41. The summed E-state index contributed by atoms with van der Waals surface area (Å²) >= 11 is 12.2. The lowest BCUT2D eigenvalue weighted by Gasteiger charge is -2.11. The lowest BCUT2D eigenvalue weighted by atomic mass is 10.1. The first-order valence-corrected chi connectivity index (χ1v) is 8.32. The maximum absolute atomic E-state index is 12.6. The predicted octanol–water partition coefficient (Wildman–Crippen LogP) is 5.31. The molecular weight excluding hydrogens is 363 g/mol. The molecule has 2 aromatic carbocycles. The number of hydrogen-bond donors (Lipinski definition) is 0. The van der Waals surface area contributed by atoms with Crippen LogP contribution in [0.5, 0.6) is 17.2 Å². The minimum Gasteiger partial charge on any atom is -0.497 e. The second-order valence-corrected chi connectivity index (χ2v) is 5.85. The minimum absolute atomic E-state index is 0.272. The van der Waals surface area contributed by atoms with E-state index in [1.54, 1.807) is 44.6 Å². The highest BCUT2D eigenvalue weighted by Gasteiger charge is 2.15. The number of methoxy groups -OCH3 is 2. The molecule has 132 valence electrons. The Hall–Kier alpha value is -2.17. The van der Waals surface area contributed by atoms with Gasteiger partial charge < -0.3 is 14.2 Å². The van der Waals surface area contributed by atoms with Gasteiger partial charge in [-0.25, -0.2) is 0 Å². The predicted molar refractivity (Wildman–Crippen MR) is 101 cm³/mol. The van der Waals surface area contributed by atoms with Crippen molar-refractivity contribution in [3.8, 4) is 17.2 Å². The molecule has 0 saturated carbocycles. The van der Waals surface area contributed by atoms with Crippen LogP contribution in [0.1, 0.15) is 22.8 Å². The van der Waals surface area contributed by atoms with E-state index in [1.807, 2.05) is 6.92 Å². The number of carbonyl (C=O) groups is 1. The van der Waals surface area contributed by atoms with Crippen molar-refractivity contribution >= 4 is 35.1 Å². The van der Waals surface area contributed by atoms with Crippen molar-refractivity contribution in [3.05, 3.63) is 57.6 Å². The Labute approximate surface area is 156 Å². The average Bonchev–Trinajstić information content (AvgIpc) is 2.61. The third-order valence-electron chi connectivity index (χ3n) is 3.42. The number of allylic oxidation sites excluding steroid dienone is 1. The smallest absolute Gasteiger partial charge is 0.189 e. The van der Waals surface area contributed by atoms with Crippen LogP contribution in [0.25, 0.3) is 6.08 Å². The fourth-order valence-corrected chi connectivity index (χ4v) is 2.79. The van der Waals surface area contributed by atoms with Crippen LogP contribution in [0, 0.1) is 0 Å². The average molecular weight is 381 g/mol. The first-order valence-electron chi connectivity index (χ1n) is 7.56. The summed E-state index contributed by atoms with van der Waals surface area (Å²) in [4.78, 5) is 12.6. The Morgan fingerprint density at radius 1 is 1.12 bits per heavy atom. The summed E-state index contributed by atoms with van der Waals surface area (Å²) in [7, 11) is 3.13. The first-order chi connectivity index (χ1) is 12.0. The van der Waals surface area contributed by atoms with Crippen molar-refractivity contribution in [1.82, 2.24) is 0 Å². The molecule has 2 aromatic rings. The molecule has 0 amide bonds. The number of ketones is 1. The molecule has 0 spiro atoms. The maximum atomic E-state index is 12.6. The van der Waals surface area contributed by atoms with Crippen LogP contribution in [0.4, 0.5) is 0 Å². The Bertz CT molecular complexity index is 800. The monoisotopic (exact) mass is 380 g/mol. The molecule has 0 bridgehead atoms. The third-order valence-corrected chi connectivity index (χ3v) is 3.92. The molecule has 0 atom stereocenters. The SMILES string of the molecule is CCOc1c(Cl)cc(Cl)cc1C(=O)C=Cc1ccc(OC)cc1OC. The molecular formula is C19H18Cl2O4. The van der Waals surface area contributed by atoms with Crippen LogP contribution in [0.2, 0.25) is 10.0 Å². The number of carbonyl (C=O) groups excluding carboxylic acids is 1. The van der Waals surface area contributed by atoms with Crippen LogP contribution < -0.4 is 14.2 Å². The third kappa shape index (κ3) is 4.68. The summed E-state index contributed by atoms with van der Waals surface area (Å²) in [6.45, 7) is 2.20. The Morgan fingerprint density at radius 2 is 1.88 bits per heavy atom. The van der Waals surface area contributed by atoms with E-state index < -0.39 is 0 Å². The number of hydrogen-bond acceptors (Lipinski definition) is 4. The van der Waals surface area contributed by atoms with Crippen LogP contribution in [-0.2, 0) is 0 Å². The highest BCUT2D eigenvalue weighted by atomic mass is 35.5. The Balaban J connectivity index is 2.35. The molecule has 0 aliphatic carbocycles. The molecule has 25 heavy (non-hydrogen) atoms. The topological polar surface area (TPSA) is 44.8 Å². The van der Waals surface area contributed by atoms with Gasteiger partial charge in [0.05, 0.1) is 31.4 Å². The Morgan fingerprint density at radius 3 is 2.52 bits per heavy atom. The van der Waals surface area contributed by atoms with Gasteiger partial charge in [0.25, 0.3) is 0 Å². The summed E-state index contributed by atoms with van der Waals surface area (Å²) in [5, 5.41) is 0.667. The van der Waals surface area contributed by atoms with Gasteiger partial charge >= 0.3 is 0 Å². The van der Waals surface area contributed by atoms with Crippen LogP contribution in [0.3, 0.4) is 0 Å². The number of ether oxygens (including phenoxy) is 3. The molecule has 0 aromatic heterocycles. The molecule has 0 radical (unpaired) electrons. The van der Waals surface area contributed by atoms with Crippen molar-refractivity contribution in [2.75, 3.05) is 20.8 Å². The molecule has 0 fully saturated rings. The number of benzene rings is 2. The van der Waals surface area contributed by atoms with Gasteiger partial charge in [-0.3, -0.25) is 4.79 Å². The fraction of sp³-hybridized carbons (Fsp3) is 0.211. The second kappa shape index (κ2) is 8.79. The molecule has 0 heterocycles. The first kappa shape index (κ1) is 19.2. The van der Waals surface area contributed by atoms with E-state index in [1.165, 1.54) is 12.1 Å². The summed E-state index contributed by atoms with van der Waals surface area (Å²) < 4.78 is 16.0. The molecule has 0 unspecified atom stereocenters. The summed E-state index contributed by atoms with van der Waals surface area (Å²) in [5.74, 6) is 1.31. The van der Waals surface area contributed by atoms with Gasteiger partial charge in [-0.05, 0) is 43.3 Å². The molecule has 0 aliphatic heterocycles. The highest BCUT2D eigenvalue weighted by Crippen LogP contribution is 2.33. The van der Waals surface area contributed by atoms with Gasteiger partial charge in [0.15, 0.2) is 5.78 Å². The summed E-state index contributed by atoms with van der Waals surface area (Å²) in [5.41, 5.74) is 1.05. The van der Waals surface area contributed by atoms with Crippen LogP contribution >= 0.6 is 23.2 Å². The van der Waals surface area contributed by atoms with E-state index in [4.69, 9.17) is 37.4 Å². The van der Waals surface area contributed by atoms with Gasteiger partial charge in [-0.2, -0.15) is 0 Å². The standard InChI is InChI=1S/C19H18Cl2O4/c1-4-25-19-15(9-13(20)10-16(19)21)17(22)8-6-12-5-7-14(23-2)11-18(12)24-3/h5-11H,4H2,1-3H3. The lowest BCUT2D eigenvalue weighted by Crippen LogP contribution is -2.02. The number of rotatable bonds is 7. The lowest BCUT2D eigenvalue weighted by molar-refractivity contribution is 0.104. The van der Waals surface area contributed by atoms with Crippen molar-refractivity contribution in [2.24, 2.45) is 0 Å². The molecule has 4 nitrogen and oxygen atoms in total. The van der Waals surface area contributed by atoms with Gasteiger partial charge in [0.2, 0.25) is 0 Å². The molecule has 0 saturated heterocycles. The van der Waals surface area contributed by atoms with Crippen LogP contribution in [0.15, 0.2) is 36.4 Å². The second-order valence-electron chi connectivity index (χ2n) is 5.00. The normalized spacial score (nSPS) is 10.8. The quantitative estimate of drug-likeness (QED) is 0.482. The molecule has 6 heteroatoms. The largest absolute Gasteiger partial charge is 0.497 e. The van der Waals surface area contributed by atoms with E-state index in [-0.39, 0.29) is 5.78 Å². The van der Waals surface area contributed by atoms with E-state index in [9.17, 15) is 4.79 Å². The van der Waals surface area contributed by atoms with Gasteiger partial charge in [0, 0.05) is 16.7 Å². The maximum Gasteiger partial charge on any atom is 0.189 e.